The summed E-state index contributed by atoms with van der Waals surface area (Å²) in [5.41, 5.74) is 1.53. The van der Waals surface area contributed by atoms with Crippen LogP contribution in [0.3, 0.4) is 0 Å². The topological polar surface area (TPSA) is 30.2 Å². The van der Waals surface area contributed by atoms with Crippen LogP contribution in [0.15, 0.2) is 42.6 Å². The minimum atomic E-state index is -0.251. The van der Waals surface area contributed by atoms with E-state index in [-0.39, 0.29) is 5.82 Å². The van der Waals surface area contributed by atoms with E-state index in [0.717, 1.165) is 5.56 Å². The Kier molecular flexibility index (Phi) is 2.72. The van der Waals surface area contributed by atoms with Gasteiger partial charge in [-0.1, -0.05) is 23.7 Å². The lowest BCUT2D eigenvalue weighted by Crippen LogP contribution is -1.92. The van der Waals surface area contributed by atoms with Gasteiger partial charge in [0.15, 0.2) is 11.5 Å². The average molecular weight is 262 g/mol. The Bertz CT molecular complexity index is 708. The van der Waals surface area contributed by atoms with Gasteiger partial charge < -0.3 is 0 Å². The van der Waals surface area contributed by atoms with Crippen LogP contribution in [0.25, 0.3) is 5.65 Å². The van der Waals surface area contributed by atoms with Gasteiger partial charge in [0.2, 0.25) is 0 Å². The molecule has 3 nitrogen and oxygen atoms in total. The first kappa shape index (κ1) is 11.2. The molecule has 0 amide bonds. The Morgan fingerprint density at radius 2 is 2.11 bits per heavy atom. The van der Waals surface area contributed by atoms with E-state index >= 15 is 0 Å². The minimum absolute atomic E-state index is 0.251. The third-order valence-electron chi connectivity index (χ3n) is 2.59. The second-order valence-corrected chi connectivity index (χ2v) is 4.42. The lowest BCUT2D eigenvalue weighted by molar-refractivity contribution is 0.625. The first-order valence-electron chi connectivity index (χ1n) is 5.46. The Balaban J connectivity index is 1.95. The van der Waals surface area contributed by atoms with Crippen LogP contribution in [0.5, 0.6) is 0 Å². The molecule has 90 valence electrons. The highest BCUT2D eigenvalue weighted by molar-refractivity contribution is 6.30. The van der Waals surface area contributed by atoms with Crippen LogP contribution in [0.1, 0.15) is 11.4 Å². The number of pyridine rings is 1. The Labute approximate surface area is 108 Å². The van der Waals surface area contributed by atoms with E-state index in [9.17, 15) is 4.39 Å². The van der Waals surface area contributed by atoms with Gasteiger partial charge in [-0.2, -0.15) is 5.10 Å². The van der Waals surface area contributed by atoms with Crippen molar-refractivity contribution in [2.45, 2.75) is 6.42 Å². The summed E-state index contributed by atoms with van der Waals surface area (Å²) in [7, 11) is 0. The van der Waals surface area contributed by atoms with E-state index in [2.05, 4.69) is 10.1 Å². The van der Waals surface area contributed by atoms with Gasteiger partial charge in [-0.15, -0.1) is 0 Å². The number of benzene rings is 1. The monoisotopic (exact) mass is 261 g/mol. The molecule has 0 aliphatic rings. The molecule has 18 heavy (non-hydrogen) atoms. The molecule has 0 aliphatic heterocycles. The Morgan fingerprint density at radius 1 is 1.22 bits per heavy atom. The molecule has 0 N–H and O–H groups in total. The molecule has 0 saturated carbocycles. The summed E-state index contributed by atoms with van der Waals surface area (Å²) < 4.78 is 14.7. The van der Waals surface area contributed by atoms with Crippen LogP contribution in [0.4, 0.5) is 4.39 Å². The van der Waals surface area contributed by atoms with Crippen molar-refractivity contribution in [3.63, 3.8) is 0 Å². The van der Waals surface area contributed by atoms with Crippen LogP contribution in [0.2, 0.25) is 5.02 Å². The molecule has 3 rings (SSSR count). The third-order valence-corrected chi connectivity index (χ3v) is 2.83. The first-order chi connectivity index (χ1) is 8.70. The molecule has 0 saturated heterocycles. The number of halogens is 2. The standard InChI is InChI=1S/C13H9ClFN3/c14-10-4-5-18-13(8-10)16-12(17-18)7-9-2-1-3-11(15)6-9/h1-6,8H,7H2. The van der Waals surface area contributed by atoms with Gasteiger partial charge in [0, 0.05) is 23.7 Å². The summed E-state index contributed by atoms with van der Waals surface area (Å²) in [6, 6.07) is 9.91. The smallest absolute Gasteiger partial charge is 0.157 e. The van der Waals surface area contributed by atoms with E-state index in [1.807, 2.05) is 6.07 Å². The summed E-state index contributed by atoms with van der Waals surface area (Å²) in [5, 5.41) is 4.92. The highest BCUT2D eigenvalue weighted by atomic mass is 35.5. The van der Waals surface area contributed by atoms with Crippen LogP contribution in [-0.4, -0.2) is 14.6 Å². The first-order valence-corrected chi connectivity index (χ1v) is 5.84. The van der Waals surface area contributed by atoms with Crippen molar-refractivity contribution in [3.8, 4) is 0 Å². The number of nitrogens with zero attached hydrogens (tertiary/aromatic N) is 3. The number of fused-ring (bicyclic) bond motifs is 1. The normalized spacial score (nSPS) is 11.0. The molecule has 0 spiro atoms. The van der Waals surface area contributed by atoms with E-state index < -0.39 is 0 Å². The zero-order chi connectivity index (χ0) is 12.5. The molecular weight excluding hydrogens is 253 g/mol. The van der Waals surface area contributed by atoms with Gasteiger partial charge in [-0.05, 0) is 23.8 Å². The minimum Gasteiger partial charge on any atom is -0.221 e. The SMILES string of the molecule is Fc1cccc(Cc2nc3cc(Cl)ccn3n2)c1. The van der Waals surface area contributed by atoms with Gasteiger partial charge in [0.25, 0.3) is 0 Å². The lowest BCUT2D eigenvalue weighted by Gasteiger charge is -1.96. The van der Waals surface area contributed by atoms with E-state index in [1.165, 1.54) is 12.1 Å². The lowest BCUT2D eigenvalue weighted by atomic mass is 10.1. The maximum Gasteiger partial charge on any atom is 0.157 e. The van der Waals surface area contributed by atoms with Crippen molar-refractivity contribution in [1.29, 1.82) is 0 Å². The quantitative estimate of drug-likeness (QED) is 0.710. The molecule has 0 atom stereocenters. The molecular formula is C13H9ClFN3. The molecule has 2 aromatic heterocycles. The van der Waals surface area contributed by atoms with Gasteiger partial charge in [-0.3, -0.25) is 0 Å². The highest BCUT2D eigenvalue weighted by Gasteiger charge is 2.05. The van der Waals surface area contributed by atoms with E-state index in [0.29, 0.717) is 22.9 Å². The second kappa shape index (κ2) is 4.38. The molecule has 0 fully saturated rings. The van der Waals surface area contributed by atoms with E-state index in [4.69, 9.17) is 11.6 Å². The number of rotatable bonds is 2. The van der Waals surface area contributed by atoms with Crippen molar-refractivity contribution in [2.75, 3.05) is 0 Å². The van der Waals surface area contributed by atoms with Crippen molar-refractivity contribution in [2.24, 2.45) is 0 Å². The third kappa shape index (κ3) is 2.19. The molecule has 0 unspecified atom stereocenters. The molecule has 0 bridgehead atoms. The Morgan fingerprint density at radius 3 is 2.94 bits per heavy atom. The maximum atomic E-state index is 13.1. The summed E-state index contributed by atoms with van der Waals surface area (Å²) >= 11 is 5.88. The highest BCUT2D eigenvalue weighted by Crippen LogP contribution is 2.13. The molecule has 2 heterocycles. The van der Waals surface area contributed by atoms with Gasteiger partial charge >= 0.3 is 0 Å². The predicted octanol–water partition coefficient (Wildman–Crippen LogP) is 3.11. The van der Waals surface area contributed by atoms with Crippen molar-refractivity contribution in [1.82, 2.24) is 14.6 Å². The summed E-state index contributed by atoms with van der Waals surface area (Å²) in [6.45, 7) is 0. The molecule has 1 aromatic carbocycles. The number of aromatic nitrogens is 3. The molecule has 0 aliphatic carbocycles. The average Bonchev–Trinajstić information content (AvgIpc) is 2.70. The van der Waals surface area contributed by atoms with Crippen molar-refractivity contribution in [3.05, 3.63) is 64.8 Å². The van der Waals surface area contributed by atoms with Crippen molar-refractivity contribution < 1.29 is 4.39 Å². The fourth-order valence-corrected chi connectivity index (χ4v) is 1.96. The Hall–Kier alpha value is -1.94. The fourth-order valence-electron chi connectivity index (χ4n) is 1.81. The largest absolute Gasteiger partial charge is 0.221 e. The van der Waals surface area contributed by atoms with Gasteiger partial charge in [-0.25, -0.2) is 13.9 Å². The van der Waals surface area contributed by atoms with Crippen LogP contribution in [-0.2, 0) is 6.42 Å². The van der Waals surface area contributed by atoms with Crippen LogP contribution < -0.4 is 0 Å². The van der Waals surface area contributed by atoms with Crippen LogP contribution >= 0.6 is 11.6 Å². The summed E-state index contributed by atoms with van der Waals surface area (Å²) in [6.07, 6.45) is 2.25. The molecule has 5 heteroatoms. The summed E-state index contributed by atoms with van der Waals surface area (Å²) in [4.78, 5) is 4.34. The molecule has 3 aromatic rings. The number of hydrogen-bond acceptors (Lipinski definition) is 2. The number of hydrogen-bond donors (Lipinski definition) is 0. The zero-order valence-electron chi connectivity index (χ0n) is 9.35. The zero-order valence-corrected chi connectivity index (χ0v) is 10.1. The van der Waals surface area contributed by atoms with Crippen molar-refractivity contribution >= 4 is 17.2 Å². The summed E-state index contributed by atoms with van der Waals surface area (Å²) in [5.74, 6) is 0.391. The van der Waals surface area contributed by atoms with Gasteiger partial charge in [0.05, 0.1) is 0 Å². The fraction of sp³-hybridized carbons (Fsp3) is 0.0769. The maximum absolute atomic E-state index is 13.1. The molecule has 0 radical (unpaired) electrons. The van der Waals surface area contributed by atoms with Gasteiger partial charge in [0.1, 0.15) is 5.82 Å². The van der Waals surface area contributed by atoms with Crippen LogP contribution in [0, 0.1) is 5.82 Å². The van der Waals surface area contributed by atoms with E-state index in [1.54, 1.807) is 28.9 Å². The second-order valence-electron chi connectivity index (χ2n) is 3.98. The predicted molar refractivity (Wildman–Crippen MR) is 67.2 cm³/mol.